The lowest BCUT2D eigenvalue weighted by atomic mass is 10.4. The van der Waals surface area contributed by atoms with Crippen LogP contribution in [0, 0.1) is 0 Å². The van der Waals surface area contributed by atoms with E-state index in [1.807, 2.05) is 0 Å². The van der Waals surface area contributed by atoms with Gasteiger partial charge in [0.2, 0.25) is 11.8 Å². The molecule has 0 heterocycles. The van der Waals surface area contributed by atoms with Crippen LogP contribution in [0.4, 0.5) is 0 Å². The van der Waals surface area contributed by atoms with Crippen LogP contribution in [0.15, 0.2) is 0 Å². The summed E-state index contributed by atoms with van der Waals surface area (Å²) in [6, 6.07) is 2.05. The summed E-state index contributed by atoms with van der Waals surface area (Å²) < 4.78 is 18.0. The zero-order valence-corrected chi connectivity index (χ0v) is 23.7. The molecule has 0 aromatic rings. The molecule has 0 aromatic heterocycles. The Balaban J connectivity index is 4.04. The third-order valence-corrected chi connectivity index (χ3v) is 12.9. The molecule has 9 nitrogen and oxygen atoms in total. The zero-order valence-electron chi connectivity index (χ0n) is 21.7. The normalized spacial score (nSPS) is 12.1. The summed E-state index contributed by atoms with van der Waals surface area (Å²) in [6.45, 7) is 15.9. The highest BCUT2D eigenvalue weighted by Gasteiger charge is 2.32. The van der Waals surface area contributed by atoms with Crippen molar-refractivity contribution in [1.29, 1.82) is 0 Å². The highest BCUT2D eigenvalue weighted by Crippen LogP contribution is 2.23. The fourth-order valence-corrected chi connectivity index (χ4v) is 12.5. The Morgan fingerprint density at radius 3 is 1.33 bits per heavy atom. The van der Waals surface area contributed by atoms with E-state index in [1.54, 1.807) is 9.80 Å². The molecule has 33 heavy (non-hydrogen) atoms. The minimum Gasteiger partial charge on any atom is -0.455 e. The Kier molecular flexibility index (Phi) is 17.1. The van der Waals surface area contributed by atoms with Crippen LogP contribution in [-0.4, -0.2) is 114 Å². The lowest BCUT2D eigenvalue weighted by Gasteiger charge is -2.34. The molecule has 0 atom stereocenters. The molecule has 2 N–H and O–H groups in total. The number of carbonyl (C=O) groups excluding carboxylic acids is 2. The van der Waals surface area contributed by atoms with E-state index in [9.17, 15) is 9.59 Å². The first-order chi connectivity index (χ1) is 15.4. The molecule has 0 radical (unpaired) electrons. The Bertz CT molecular complexity index is 505. The zero-order chi connectivity index (χ0) is 25.3. The van der Waals surface area contributed by atoms with Crippen LogP contribution in [-0.2, 0) is 23.2 Å². The van der Waals surface area contributed by atoms with Gasteiger partial charge in [-0.3, -0.25) is 9.59 Å². The first-order valence-corrected chi connectivity index (χ1v) is 18.3. The minimum absolute atomic E-state index is 0.0361. The number of amides is 2. The van der Waals surface area contributed by atoms with Gasteiger partial charge >= 0.3 is 0 Å². The molecule has 0 bridgehead atoms. The second kappa shape index (κ2) is 17.6. The predicted octanol–water partition coefficient (Wildman–Crippen LogP) is 1.91. The van der Waals surface area contributed by atoms with Gasteiger partial charge in [0.25, 0.3) is 0 Å². The molecule has 0 unspecified atom stereocenters. The van der Waals surface area contributed by atoms with Gasteiger partial charge in [-0.1, -0.05) is 0 Å². The Morgan fingerprint density at radius 1 is 0.667 bits per heavy atom. The van der Waals surface area contributed by atoms with E-state index in [1.165, 1.54) is 13.8 Å². The average Bonchev–Trinajstić information content (AvgIpc) is 2.70. The van der Waals surface area contributed by atoms with Gasteiger partial charge in [-0.05, 0) is 51.1 Å². The standard InChI is InChI=1S/C22H48N2O7Si2/c1-21(27)23(9-13-25)11-17-29-15-7-19-32(3,4)31-33(5,6)20-8-16-30-18-12-24(10-14-26)22(2)28/h25-26H,7-20H2,1-6H3. The monoisotopic (exact) mass is 508 g/mol. The molecule has 0 saturated carbocycles. The van der Waals surface area contributed by atoms with Crippen molar-refractivity contribution in [2.24, 2.45) is 0 Å². The van der Waals surface area contributed by atoms with Crippen molar-refractivity contribution >= 4 is 28.4 Å². The molecule has 0 aliphatic rings. The molecular weight excluding hydrogens is 460 g/mol. The average molecular weight is 509 g/mol. The number of nitrogens with zero attached hydrogens (tertiary/aromatic N) is 2. The molecule has 2 amide bonds. The second-order valence-corrected chi connectivity index (χ2v) is 18.4. The molecule has 0 aliphatic carbocycles. The molecule has 0 aliphatic heterocycles. The lowest BCUT2D eigenvalue weighted by molar-refractivity contribution is -0.130. The highest BCUT2D eigenvalue weighted by molar-refractivity contribution is 6.84. The largest absolute Gasteiger partial charge is 0.455 e. The molecule has 0 fully saturated rings. The van der Waals surface area contributed by atoms with E-state index in [4.69, 9.17) is 23.8 Å². The minimum atomic E-state index is -1.79. The van der Waals surface area contributed by atoms with E-state index in [0.717, 1.165) is 24.9 Å². The maximum absolute atomic E-state index is 11.4. The number of ether oxygens (including phenoxy) is 2. The summed E-state index contributed by atoms with van der Waals surface area (Å²) in [7, 11) is -3.58. The van der Waals surface area contributed by atoms with E-state index in [0.29, 0.717) is 52.6 Å². The topological polar surface area (TPSA) is 109 Å². The fourth-order valence-electron chi connectivity index (χ4n) is 3.70. The Hall–Kier alpha value is -0.826. The van der Waals surface area contributed by atoms with Crippen molar-refractivity contribution in [1.82, 2.24) is 9.80 Å². The summed E-state index contributed by atoms with van der Waals surface area (Å²) in [5, 5.41) is 18.0. The van der Waals surface area contributed by atoms with Crippen LogP contribution in [0.25, 0.3) is 0 Å². The van der Waals surface area contributed by atoms with Gasteiger partial charge in [-0.15, -0.1) is 0 Å². The quantitative estimate of drug-likeness (QED) is 0.191. The Labute approximate surface area is 202 Å². The predicted molar refractivity (Wildman–Crippen MR) is 135 cm³/mol. The molecule has 0 saturated heterocycles. The van der Waals surface area contributed by atoms with Gasteiger partial charge in [-0.2, -0.15) is 0 Å². The number of aliphatic hydroxyl groups is 2. The number of rotatable bonds is 20. The lowest BCUT2D eigenvalue weighted by Crippen LogP contribution is -2.44. The van der Waals surface area contributed by atoms with E-state index < -0.39 is 16.6 Å². The highest BCUT2D eigenvalue weighted by atomic mass is 28.4. The molecular formula is C22H48N2O7Si2. The maximum atomic E-state index is 11.4. The van der Waals surface area contributed by atoms with Crippen LogP contribution < -0.4 is 0 Å². The Morgan fingerprint density at radius 2 is 1.03 bits per heavy atom. The van der Waals surface area contributed by atoms with Crippen LogP contribution in [0.1, 0.15) is 26.7 Å². The van der Waals surface area contributed by atoms with Crippen molar-refractivity contribution in [3.05, 3.63) is 0 Å². The van der Waals surface area contributed by atoms with Crippen LogP contribution in [0.2, 0.25) is 38.3 Å². The summed E-state index contributed by atoms with van der Waals surface area (Å²) in [6.07, 6.45) is 1.88. The third kappa shape index (κ3) is 17.3. The molecule has 11 heteroatoms. The van der Waals surface area contributed by atoms with E-state index in [2.05, 4.69) is 26.2 Å². The van der Waals surface area contributed by atoms with Gasteiger partial charge in [0.05, 0.1) is 26.4 Å². The number of hydrogen-bond donors (Lipinski definition) is 2. The molecule has 196 valence electrons. The van der Waals surface area contributed by atoms with E-state index in [-0.39, 0.29) is 25.0 Å². The summed E-state index contributed by atoms with van der Waals surface area (Å²) in [4.78, 5) is 26.1. The van der Waals surface area contributed by atoms with Crippen LogP contribution >= 0.6 is 0 Å². The number of hydrogen-bond acceptors (Lipinski definition) is 7. The summed E-state index contributed by atoms with van der Waals surface area (Å²) in [5.74, 6) is -0.0983. The first-order valence-electron chi connectivity index (χ1n) is 12.0. The van der Waals surface area contributed by atoms with Crippen molar-refractivity contribution < 1.29 is 33.4 Å². The number of aliphatic hydroxyl groups excluding tert-OH is 2. The van der Waals surface area contributed by atoms with E-state index >= 15 is 0 Å². The number of carbonyl (C=O) groups is 2. The van der Waals surface area contributed by atoms with Crippen LogP contribution in [0.3, 0.4) is 0 Å². The molecule has 0 rings (SSSR count). The maximum Gasteiger partial charge on any atom is 0.219 e. The first kappa shape index (κ1) is 32.2. The van der Waals surface area contributed by atoms with Gasteiger partial charge < -0.3 is 33.6 Å². The van der Waals surface area contributed by atoms with Crippen LogP contribution in [0.5, 0.6) is 0 Å². The van der Waals surface area contributed by atoms with Gasteiger partial charge in [0.1, 0.15) is 0 Å². The third-order valence-electron chi connectivity index (χ3n) is 5.33. The van der Waals surface area contributed by atoms with Gasteiger partial charge in [0, 0.05) is 53.2 Å². The summed E-state index contributed by atoms with van der Waals surface area (Å²) in [5.41, 5.74) is 0. The fraction of sp³-hybridized carbons (Fsp3) is 0.909. The van der Waals surface area contributed by atoms with Crippen molar-refractivity contribution in [2.75, 3.05) is 65.8 Å². The summed E-state index contributed by atoms with van der Waals surface area (Å²) >= 11 is 0. The smallest absolute Gasteiger partial charge is 0.219 e. The van der Waals surface area contributed by atoms with Gasteiger partial charge in [-0.25, -0.2) is 0 Å². The molecule has 0 spiro atoms. The second-order valence-electron chi connectivity index (χ2n) is 9.51. The van der Waals surface area contributed by atoms with Crippen molar-refractivity contribution in [3.63, 3.8) is 0 Å². The SMILES string of the molecule is CC(=O)N(CCO)CCOCCC[Si](C)(C)O[Si](C)(C)CCCOCCN(CCO)C(C)=O. The van der Waals surface area contributed by atoms with Gasteiger partial charge in [0.15, 0.2) is 16.6 Å². The van der Waals surface area contributed by atoms with Crippen molar-refractivity contribution in [2.45, 2.75) is 65.0 Å². The molecule has 0 aromatic carbocycles. The van der Waals surface area contributed by atoms with Crippen molar-refractivity contribution in [3.8, 4) is 0 Å².